The Labute approximate surface area is 175 Å². The highest BCUT2D eigenvalue weighted by molar-refractivity contribution is 5.84. The van der Waals surface area contributed by atoms with E-state index >= 15 is 0 Å². The van der Waals surface area contributed by atoms with Crippen molar-refractivity contribution in [3.8, 4) is 0 Å². The second-order valence-corrected chi connectivity index (χ2v) is 12.1. The second-order valence-electron chi connectivity index (χ2n) is 12.1. The number of amides is 2. The van der Waals surface area contributed by atoms with Gasteiger partial charge in [0.1, 0.15) is 0 Å². The molecule has 2 aliphatic heterocycles. The largest absolute Gasteiger partial charge is 0.355 e. The Morgan fingerprint density at radius 1 is 0.966 bits per heavy atom. The summed E-state index contributed by atoms with van der Waals surface area (Å²) < 4.78 is 0. The highest BCUT2D eigenvalue weighted by Gasteiger charge is 2.61. The van der Waals surface area contributed by atoms with Crippen molar-refractivity contribution >= 4 is 11.8 Å². The zero-order chi connectivity index (χ0) is 20.4. The number of fused-ring (bicyclic) bond motifs is 2. The monoisotopic (exact) mass is 401 g/mol. The Bertz CT molecular complexity index is 656. The van der Waals surface area contributed by atoms with Gasteiger partial charge in [0.05, 0.1) is 12.0 Å². The van der Waals surface area contributed by atoms with E-state index in [0.29, 0.717) is 36.4 Å². The van der Waals surface area contributed by atoms with Gasteiger partial charge in [-0.3, -0.25) is 14.5 Å². The molecule has 162 valence electrons. The van der Waals surface area contributed by atoms with Crippen molar-refractivity contribution in [1.29, 1.82) is 0 Å². The molecule has 2 N–H and O–H groups in total. The van der Waals surface area contributed by atoms with Crippen molar-refractivity contribution in [2.24, 2.45) is 29.1 Å². The zero-order valence-corrected chi connectivity index (χ0v) is 18.5. The number of carbonyl (C=O) groups excluding carboxylic acids is 2. The molecule has 5 heteroatoms. The number of hydrogen-bond donors (Lipinski definition) is 2. The maximum atomic E-state index is 13.2. The SMILES string of the molecule is CC(C)(C)NC(=O)CN1C2CC[C@@H]1CC(CNC(=O)C13CC4CC(CC1C4)C3)C2. The van der Waals surface area contributed by atoms with Crippen molar-refractivity contribution in [2.45, 2.75) is 96.2 Å². The van der Waals surface area contributed by atoms with Crippen molar-refractivity contribution in [3.63, 3.8) is 0 Å². The second kappa shape index (κ2) is 6.96. The molecule has 5 atom stereocenters. The van der Waals surface area contributed by atoms with E-state index in [4.69, 9.17) is 0 Å². The molecular weight excluding hydrogens is 362 g/mol. The quantitative estimate of drug-likeness (QED) is 0.744. The smallest absolute Gasteiger partial charge is 0.234 e. The summed E-state index contributed by atoms with van der Waals surface area (Å²) in [5.74, 6) is 3.43. The molecule has 6 fully saturated rings. The first-order valence-corrected chi connectivity index (χ1v) is 12.1. The van der Waals surface area contributed by atoms with E-state index in [1.165, 1.54) is 32.1 Å². The standard InChI is InChI=1S/C24H39N3O2/c1-23(2,3)26-21(28)14-27-19-4-5-20(27)10-17(9-19)13-25-22(29)24-11-15-6-16(12-24)8-18(24)7-15/h15-20H,4-14H2,1-3H3,(H,25,29)(H,26,28)/t15?,16?,17?,18?,19-,20?,24?/m1/s1. The molecule has 5 nitrogen and oxygen atoms in total. The van der Waals surface area contributed by atoms with Gasteiger partial charge >= 0.3 is 0 Å². The minimum Gasteiger partial charge on any atom is -0.355 e. The van der Waals surface area contributed by atoms with Crippen LogP contribution in [0.2, 0.25) is 0 Å². The molecule has 4 saturated carbocycles. The normalized spacial score (nSPS) is 43.0. The molecule has 4 unspecified atom stereocenters. The lowest BCUT2D eigenvalue weighted by Gasteiger charge is -2.39. The van der Waals surface area contributed by atoms with Crippen LogP contribution in [-0.2, 0) is 9.59 Å². The first-order valence-electron chi connectivity index (χ1n) is 12.1. The first kappa shape index (κ1) is 19.8. The summed E-state index contributed by atoms with van der Waals surface area (Å²) in [5.41, 5.74) is -0.171. The molecule has 2 amide bonds. The first-order chi connectivity index (χ1) is 13.7. The fourth-order valence-electron chi connectivity index (χ4n) is 8.02. The lowest BCUT2D eigenvalue weighted by molar-refractivity contribution is -0.133. The Balaban J connectivity index is 1.13. The van der Waals surface area contributed by atoms with Crippen LogP contribution < -0.4 is 10.6 Å². The molecule has 4 aliphatic carbocycles. The van der Waals surface area contributed by atoms with Gasteiger partial charge in [0.2, 0.25) is 11.8 Å². The molecule has 0 aromatic rings. The number of rotatable bonds is 5. The van der Waals surface area contributed by atoms with Crippen LogP contribution in [0.25, 0.3) is 0 Å². The molecule has 0 aromatic heterocycles. The van der Waals surface area contributed by atoms with Crippen LogP contribution in [0.3, 0.4) is 0 Å². The van der Waals surface area contributed by atoms with Crippen LogP contribution in [0.1, 0.15) is 78.6 Å². The lowest BCUT2D eigenvalue weighted by Crippen LogP contribution is -2.52. The third-order valence-electron chi connectivity index (χ3n) is 8.82. The third kappa shape index (κ3) is 3.62. The van der Waals surface area contributed by atoms with Gasteiger partial charge in [-0.25, -0.2) is 0 Å². The summed E-state index contributed by atoms with van der Waals surface area (Å²) in [5, 5.41) is 6.52. The highest BCUT2D eigenvalue weighted by atomic mass is 16.2. The number of carbonyl (C=O) groups is 2. The Morgan fingerprint density at radius 3 is 2.17 bits per heavy atom. The van der Waals surface area contributed by atoms with Gasteiger partial charge in [-0.2, -0.15) is 0 Å². The summed E-state index contributed by atoms with van der Waals surface area (Å²) in [6.45, 7) is 7.49. The predicted molar refractivity (Wildman–Crippen MR) is 113 cm³/mol. The molecule has 2 saturated heterocycles. The molecule has 0 spiro atoms. The molecule has 6 aliphatic rings. The summed E-state index contributed by atoms with van der Waals surface area (Å²) in [6.07, 6.45) is 11.0. The number of nitrogens with one attached hydrogen (secondary N) is 2. The summed E-state index contributed by atoms with van der Waals surface area (Å²) in [4.78, 5) is 28.1. The maximum absolute atomic E-state index is 13.2. The molecule has 6 rings (SSSR count). The lowest BCUT2D eigenvalue weighted by atomic mass is 9.75. The van der Waals surface area contributed by atoms with Crippen LogP contribution in [0, 0.1) is 29.1 Å². The van der Waals surface area contributed by atoms with E-state index in [9.17, 15) is 9.59 Å². The zero-order valence-electron chi connectivity index (χ0n) is 18.5. The van der Waals surface area contributed by atoms with E-state index in [0.717, 1.165) is 44.1 Å². The minimum absolute atomic E-state index is 0.00167. The Kier molecular flexibility index (Phi) is 4.76. The van der Waals surface area contributed by atoms with Gasteiger partial charge in [0.25, 0.3) is 0 Å². The molecular formula is C24H39N3O2. The molecule has 29 heavy (non-hydrogen) atoms. The van der Waals surface area contributed by atoms with Gasteiger partial charge < -0.3 is 10.6 Å². The predicted octanol–water partition coefficient (Wildman–Crippen LogP) is 3.09. The molecule has 0 aromatic carbocycles. The Morgan fingerprint density at radius 2 is 1.59 bits per heavy atom. The minimum atomic E-state index is -0.170. The van der Waals surface area contributed by atoms with Crippen LogP contribution in [0.5, 0.6) is 0 Å². The number of piperidine rings is 1. The highest BCUT2D eigenvalue weighted by Crippen LogP contribution is 2.65. The van der Waals surface area contributed by atoms with Gasteiger partial charge in [-0.15, -0.1) is 0 Å². The van der Waals surface area contributed by atoms with E-state index in [1.807, 2.05) is 20.8 Å². The molecule has 0 radical (unpaired) electrons. The fourth-order valence-corrected chi connectivity index (χ4v) is 8.02. The topological polar surface area (TPSA) is 61.4 Å². The average molecular weight is 402 g/mol. The van der Waals surface area contributed by atoms with Crippen molar-refractivity contribution in [3.05, 3.63) is 0 Å². The van der Waals surface area contributed by atoms with Crippen molar-refractivity contribution < 1.29 is 9.59 Å². The average Bonchev–Trinajstić information content (AvgIpc) is 3.11. The van der Waals surface area contributed by atoms with E-state index < -0.39 is 0 Å². The maximum Gasteiger partial charge on any atom is 0.234 e. The van der Waals surface area contributed by atoms with Crippen LogP contribution >= 0.6 is 0 Å². The van der Waals surface area contributed by atoms with Crippen molar-refractivity contribution in [2.75, 3.05) is 13.1 Å². The van der Waals surface area contributed by atoms with Crippen LogP contribution in [-0.4, -0.2) is 47.4 Å². The summed E-state index contributed by atoms with van der Waals surface area (Å²) >= 11 is 0. The van der Waals surface area contributed by atoms with Gasteiger partial charge in [-0.1, -0.05) is 0 Å². The summed E-state index contributed by atoms with van der Waals surface area (Å²) in [7, 11) is 0. The van der Waals surface area contributed by atoms with Gasteiger partial charge in [0.15, 0.2) is 0 Å². The van der Waals surface area contributed by atoms with Crippen LogP contribution in [0.4, 0.5) is 0 Å². The third-order valence-corrected chi connectivity index (χ3v) is 8.82. The van der Waals surface area contributed by atoms with E-state index in [1.54, 1.807) is 0 Å². The number of hydrogen-bond acceptors (Lipinski definition) is 3. The summed E-state index contributed by atoms with van der Waals surface area (Å²) in [6, 6.07) is 1.02. The van der Waals surface area contributed by atoms with E-state index in [2.05, 4.69) is 15.5 Å². The molecule has 6 bridgehead atoms. The fraction of sp³-hybridized carbons (Fsp3) is 0.917. The van der Waals surface area contributed by atoms with Gasteiger partial charge in [0, 0.05) is 24.2 Å². The Hall–Kier alpha value is -1.10. The van der Waals surface area contributed by atoms with Crippen molar-refractivity contribution in [1.82, 2.24) is 15.5 Å². The van der Waals surface area contributed by atoms with Gasteiger partial charge in [-0.05, 0) is 102 Å². The number of nitrogens with zero attached hydrogens (tertiary/aromatic N) is 1. The van der Waals surface area contributed by atoms with Crippen LogP contribution in [0.15, 0.2) is 0 Å². The molecule has 2 heterocycles. The van der Waals surface area contributed by atoms with E-state index in [-0.39, 0.29) is 16.9 Å².